The fourth-order valence-corrected chi connectivity index (χ4v) is 5.45. The fraction of sp³-hybridized carbons (Fsp3) is 0.235. The fourth-order valence-electron chi connectivity index (χ4n) is 3.25. The number of carbonyl (C=O) groups is 1. The SMILES string of the molecule is C[C@H]1Cc2cc(S(N)(=O)=O)ccc2N1C(=O)CSc1ncnc2sccc12. The average Bonchev–Trinajstić information content (AvgIpc) is 3.21. The highest BCUT2D eigenvalue weighted by atomic mass is 32.2. The Balaban J connectivity index is 1.56. The van der Waals surface area contributed by atoms with Crippen LogP contribution < -0.4 is 10.0 Å². The van der Waals surface area contributed by atoms with Crippen LogP contribution in [0, 0.1) is 0 Å². The summed E-state index contributed by atoms with van der Waals surface area (Å²) in [5.74, 6) is 0.194. The Morgan fingerprint density at radius 2 is 2.19 bits per heavy atom. The number of hydrogen-bond acceptors (Lipinski definition) is 7. The van der Waals surface area contributed by atoms with Gasteiger partial charge in [0.25, 0.3) is 0 Å². The van der Waals surface area contributed by atoms with E-state index in [1.807, 2.05) is 18.4 Å². The topological polar surface area (TPSA) is 106 Å². The van der Waals surface area contributed by atoms with Crippen LogP contribution in [-0.2, 0) is 21.2 Å². The molecule has 27 heavy (non-hydrogen) atoms. The Morgan fingerprint density at radius 1 is 1.37 bits per heavy atom. The number of anilines is 1. The van der Waals surface area contributed by atoms with E-state index in [4.69, 9.17) is 5.14 Å². The van der Waals surface area contributed by atoms with Gasteiger partial charge in [0.2, 0.25) is 15.9 Å². The minimum Gasteiger partial charge on any atom is -0.308 e. The zero-order chi connectivity index (χ0) is 19.2. The van der Waals surface area contributed by atoms with Gasteiger partial charge in [-0.15, -0.1) is 11.3 Å². The molecule has 3 aromatic rings. The third-order valence-electron chi connectivity index (χ3n) is 4.42. The normalized spacial score (nSPS) is 16.7. The number of sulfonamides is 1. The van der Waals surface area contributed by atoms with Crippen molar-refractivity contribution in [2.24, 2.45) is 5.14 Å². The van der Waals surface area contributed by atoms with Gasteiger partial charge in [0.05, 0.1) is 10.6 Å². The van der Waals surface area contributed by atoms with E-state index in [1.165, 1.54) is 35.5 Å². The van der Waals surface area contributed by atoms with E-state index in [2.05, 4.69) is 9.97 Å². The summed E-state index contributed by atoms with van der Waals surface area (Å²) in [5.41, 5.74) is 1.55. The molecule has 2 aromatic heterocycles. The van der Waals surface area contributed by atoms with Gasteiger partial charge in [-0.25, -0.2) is 23.5 Å². The Morgan fingerprint density at radius 3 is 2.96 bits per heavy atom. The summed E-state index contributed by atoms with van der Waals surface area (Å²) >= 11 is 2.92. The van der Waals surface area contributed by atoms with Crippen molar-refractivity contribution in [2.45, 2.75) is 29.3 Å². The van der Waals surface area contributed by atoms with Crippen LogP contribution in [-0.4, -0.2) is 36.1 Å². The molecule has 0 saturated heterocycles. The number of fused-ring (bicyclic) bond motifs is 2. The number of thiophene rings is 1. The van der Waals surface area contributed by atoms with Crippen LogP contribution in [0.15, 0.2) is 45.9 Å². The Labute approximate surface area is 164 Å². The molecule has 7 nitrogen and oxygen atoms in total. The predicted octanol–water partition coefficient (Wildman–Crippen LogP) is 2.41. The number of nitrogens with two attached hydrogens (primary N) is 1. The maximum Gasteiger partial charge on any atom is 0.238 e. The number of hydrogen-bond donors (Lipinski definition) is 1. The quantitative estimate of drug-likeness (QED) is 0.513. The zero-order valence-electron chi connectivity index (χ0n) is 14.3. The summed E-state index contributed by atoms with van der Waals surface area (Å²) in [7, 11) is -3.76. The number of aromatic nitrogens is 2. The highest BCUT2D eigenvalue weighted by Gasteiger charge is 2.31. The number of rotatable bonds is 4. The highest BCUT2D eigenvalue weighted by Crippen LogP contribution is 2.35. The number of amides is 1. The Bertz CT molecular complexity index is 1140. The van der Waals surface area contributed by atoms with E-state index in [9.17, 15) is 13.2 Å². The van der Waals surface area contributed by atoms with Crippen molar-refractivity contribution < 1.29 is 13.2 Å². The molecule has 1 aliphatic heterocycles. The maximum atomic E-state index is 12.9. The predicted molar refractivity (Wildman–Crippen MR) is 107 cm³/mol. The lowest BCUT2D eigenvalue weighted by atomic mass is 10.1. The van der Waals surface area contributed by atoms with Crippen LogP contribution >= 0.6 is 23.1 Å². The highest BCUT2D eigenvalue weighted by molar-refractivity contribution is 8.00. The van der Waals surface area contributed by atoms with Gasteiger partial charge in [0.1, 0.15) is 16.2 Å². The molecule has 140 valence electrons. The zero-order valence-corrected chi connectivity index (χ0v) is 16.8. The second-order valence-corrected chi connectivity index (χ2v) is 9.68. The lowest BCUT2D eigenvalue weighted by Crippen LogP contribution is -2.37. The molecule has 1 aromatic carbocycles. The Hall–Kier alpha value is -2.01. The standard InChI is InChI=1S/C17H16N4O3S3/c1-10-6-11-7-12(27(18,23)24)2-3-14(11)21(10)15(22)8-26-17-13-4-5-25-16(13)19-9-20-17/h2-5,7,9-10H,6,8H2,1H3,(H2,18,23,24)/t10-/m0/s1. The smallest absolute Gasteiger partial charge is 0.238 e. The number of benzene rings is 1. The average molecular weight is 421 g/mol. The van der Waals surface area contributed by atoms with Gasteiger partial charge in [0.15, 0.2) is 0 Å². The molecule has 3 heterocycles. The molecular weight excluding hydrogens is 404 g/mol. The number of primary sulfonamides is 1. The molecule has 0 spiro atoms. The molecule has 0 bridgehead atoms. The van der Waals surface area contributed by atoms with E-state index in [1.54, 1.807) is 17.0 Å². The molecule has 0 saturated carbocycles. The van der Waals surface area contributed by atoms with E-state index in [0.717, 1.165) is 26.5 Å². The van der Waals surface area contributed by atoms with Crippen molar-refractivity contribution in [1.82, 2.24) is 9.97 Å². The molecule has 1 aliphatic rings. The van der Waals surface area contributed by atoms with Crippen LogP contribution in [0.4, 0.5) is 5.69 Å². The number of thioether (sulfide) groups is 1. The minimum absolute atomic E-state index is 0.0448. The van der Waals surface area contributed by atoms with E-state index < -0.39 is 10.0 Å². The van der Waals surface area contributed by atoms with Crippen LogP contribution in [0.25, 0.3) is 10.2 Å². The molecule has 10 heteroatoms. The minimum atomic E-state index is -3.76. The lowest BCUT2D eigenvalue weighted by Gasteiger charge is -2.22. The van der Waals surface area contributed by atoms with Gasteiger partial charge >= 0.3 is 0 Å². The maximum absolute atomic E-state index is 12.9. The molecular formula is C17H16N4O3S3. The van der Waals surface area contributed by atoms with Gasteiger partial charge in [-0.05, 0) is 48.6 Å². The first-order valence-electron chi connectivity index (χ1n) is 8.13. The summed E-state index contributed by atoms with van der Waals surface area (Å²) in [5, 5.41) is 8.89. The van der Waals surface area contributed by atoms with Crippen molar-refractivity contribution >= 4 is 54.9 Å². The second kappa shape index (κ2) is 6.86. The van der Waals surface area contributed by atoms with Crippen molar-refractivity contribution in [3.63, 3.8) is 0 Å². The number of carbonyl (C=O) groups excluding carboxylic acids is 1. The van der Waals surface area contributed by atoms with Crippen LogP contribution in [0.2, 0.25) is 0 Å². The molecule has 0 radical (unpaired) electrons. The molecule has 0 fully saturated rings. The van der Waals surface area contributed by atoms with Gasteiger partial charge in [0, 0.05) is 17.1 Å². The first-order valence-corrected chi connectivity index (χ1v) is 11.5. The molecule has 0 unspecified atom stereocenters. The second-order valence-electron chi connectivity index (χ2n) is 6.26. The van der Waals surface area contributed by atoms with Gasteiger partial charge in [-0.1, -0.05) is 11.8 Å². The Kier molecular flexibility index (Phi) is 4.66. The van der Waals surface area contributed by atoms with Crippen molar-refractivity contribution in [2.75, 3.05) is 10.7 Å². The molecule has 1 atom stereocenters. The summed E-state index contributed by atoms with van der Waals surface area (Å²) in [6.07, 6.45) is 2.10. The van der Waals surface area contributed by atoms with Crippen LogP contribution in [0.5, 0.6) is 0 Å². The molecule has 1 amide bonds. The van der Waals surface area contributed by atoms with Crippen LogP contribution in [0.1, 0.15) is 12.5 Å². The summed E-state index contributed by atoms with van der Waals surface area (Å²) in [6, 6.07) is 6.56. The summed E-state index contributed by atoms with van der Waals surface area (Å²) in [4.78, 5) is 24.1. The third kappa shape index (κ3) is 3.45. The van der Waals surface area contributed by atoms with Crippen LogP contribution in [0.3, 0.4) is 0 Å². The lowest BCUT2D eigenvalue weighted by molar-refractivity contribution is -0.116. The first-order chi connectivity index (χ1) is 12.8. The summed E-state index contributed by atoms with van der Waals surface area (Å²) < 4.78 is 23.1. The first kappa shape index (κ1) is 18.4. The van der Waals surface area contributed by atoms with Crippen molar-refractivity contribution in [3.05, 3.63) is 41.5 Å². The van der Waals surface area contributed by atoms with E-state index in [0.29, 0.717) is 6.42 Å². The molecule has 0 aliphatic carbocycles. The largest absolute Gasteiger partial charge is 0.308 e. The van der Waals surface area contributed by atoms with E-state index in [-0.39, 0.29) is 22.6 Å². The summed E-state index contributed by atoms with van der Waals surface area (Å²) in [6.45, 7) is 1.95. The van der Waals surface area contributed by atoms with Crippen molar-refractivity contribution in [1.29, 1.82) is 0 Å². The molecule has 4 rings (SSSR count). The molecule has 2 N–H and O–H groups in total. The monoisotopic (exact) mass is 420 g/mol. The third-order valence-corrected chi connectivity index (χ3v) is 7.14. The van der Waals surface area contributed by atoms with Crippen molar-refractivity contribution in [3.8, 4) is 0 Å². The van der Waals surface area contributed by atoms with Gasteiger partial charge in [-0.2, -0.15) is 0 Å². The van der Waals surface area contributed by atoms with Gasteiger partial charge in [-0.3, -0.25) is 4.79 Å². The number of nitrogens with zero attached hydrogens (tertiary/aromatic N) is 3. The van der Waals surface area contributed by atoms with Gasteiger partial charge < -0.3 is 4.90 Å². The van der Waals surface area contributed by atoms with E-state index >= 15 is 0 Å².